The molecule has 4 N–H and O–H groups in total. The molecule has 0 bridgehead atoms. The molecule has 0 saturated heterocycles. The van der Waals surface area contributed by atoms with Gasteiger partial charge in [-0.2, -0.15) is 0 Å². The number of nitrogens with two attached hydrogens (primary N) is 1. The van der Waals surface area contributed by atoms with Crippen LogP contribution in [-0.2, 0) is 4.74 Å². The maximum absolute atomic E-state index is 11.5. The second-order valence-corrected chi connectivity index (χ2v) is 5.22. The Morgan fingerprint density at radius 2 is 1.94 bits per heavy atom. The fraction of sp³-hybridized carbons (Fsp3) is 0.909. The van der Waals surface area contributed by atoms with Crippen molar-refractivity contribution in [1.82, 2.24) is 5.32 Å². The molecule has 5 nitrogen and oxygen atoms in total. The molecule has 0 fully saturated rings. The molecule has 0 aromatic rings. The molecule has 0 saturated carbocycles. The van der Waals surface area contributed by atoms with Crippen LogP contribution in [0.4, 0.5) is 4.79 Å². The summed E-state index contributed by atoms with van der Waals surface area (Å²) in [7, 11) is 0. The van der Waals surface area contributed by atoms with E-state index in [0.29, 0.717) is 0 Å². The van der Waals surface area contributed by atoms with Gasteiger partial charge in [-0.25, -0.2) is 4.79 Å². The van der Waals surface area contributed by atoms with Gasteiger partial charge in [0.25, 0.3) is 0 Å². The standard InChI is InChI=1S/C11H24N2O3/c1-7(2)9(8(14)6-12)13-10(15)16-11(3,4)5/h7-9,14H,6,12H2,1-5H3,(H,13,15). The summed E-state index contributed by atoms with van der Waals surface area (Å²) in [6, 6.07) is -0.389. The van der Waals surface area contributed by atoms with E-state index in [1.54, 1.807) is 20.8 Å². The minimum absolute atomic E-state index is 0.0890. The van der Waals surface area contributed by atoms with Gasteiger partial charge >= 0.3 is 6.09 Å². The number of aliphatic hydroxyl groups is 1. The van der Waals surface area contributed by atoms with Gasteiger partial charge in [-0.1, -0.05) is 13.8 Å². The fourth-order valence-electron chi connectivity index (χ4n) is 1.30. The minimum Gasteiger partial charge on any atom is -0.444 e. The molecule has 96 valence electrons. The Kier molecular flexibility index (Phi) is 5.75. The Hall–Kier alpha value is -0.810. The van der Waals surface area contributed by atoms with Crippen LogP contribution in [0.25, 0.3) is 0 Å². The maximum atomic E-state index is 11.5. The molecule has 0 aromatic carbocycles. The van der Waals surface area contributed by atoms with E-state index in [-0.39, 0.29) is 18.5 Å². The molecular formula is C11H24N2O3. The summed E-state index contributed by atoms with van der Waals surface area (Å²) in [5.74, 6) is 0.0890. The molecule has 5 heteroatoms. The van der Waals surface area contributed by atoms with Crippen molar-refractivity contribution in [3.05, 3.63) is 0 Å². The number of alkyl carbamates (subject to hydrolysis) is 1. The Balaban J connectivity index is 4.36. The summed E-state index contributed by atoms with van der Waals surface area (Å²) in [5, 5.41) is 12.3. The van der Waals surface area contributed by atoms with Crippen molar-refractivity contribution in [3.8, 4) is 0 Å². The molecule has 0 aromatic heterocycles. The molecule has 0 heterocycles. The lowest BCUT2D eigenvalue weighted by molar-refractivity contribution is 0.0387. The van der Waals surface area contributed by atoms with Gasteiger partial charge in [-0.15, -0.1) is 0 Å². The highest BCUT2D eigenvalue weighted by molar-refractivity contribution is 5.68. The quantitative estimate of drug-likeness (QED) is 0.671. The van der Waals surface area contributed by atoms with Crippen LogP contribution in [0.5, 0.6) is 0 Å². The largest absolute Gasteiger partial charge is 0.444 e. The Bertz CT molecular complexity index is 224. The Labute approximate surface area is 97.3 Å². The van der Waals surface area contributed by atoms with Crippen molar-refractivity contribution in [2.75, 3.05) is 6.54 Å². The lowest BCUT2D eigenvalue weighted by atomic mass is 9.99. The van der Waals surface area contributed by atoms with Gasteiger partial charge in [0.05, 0.1) is 12.1 Å². The number of carbonyl (C=O) groups excluding carboxylic acids is 1. The molecule has 1 amide bonds. The smallest absolute Gasteiger partial charge is 0.407 e. The topological polar surface area (TPSA) is 84.6 Å². The van der Waals surface area contributed by atoms with Gasteiger partial charge in [0.2, 0.25) is 0 Å². The summed E-state index contributed by atoms with van der Waals surface area (Å²) >= 11 is 0. The van der Waals surface area contributed by atoms with Gasteiger partial charge in [-0.3, -0.25) is 0 Å². The summed E-state index contributed by atoms with van der Waals surface area (Å²) in [5.41, 5.74) is 4.83. The Morgan fingerprint density at radius 3 is 2.25 bits per heavy atom. The second-order valence-electron chi connectivity index (χ2n) is 5.22. The summed E-state index contributed by atoms with van der Waals surface area (Å²) in [6.45, 7) is 9.28. The first-order valence-electron chi connectivity index (χ1n) is 5.55. The van der Waals surface area contributed by atoms with E-state index >= 15 is 0 Å². The van der Waals surface area contributed by atoms with Crippen LogP contribution in [-0.4, -0.2) is 35.5 Å². The molecule has 0 aliphatic carbocycles. The van der Waals surface area contributed by atoms with Gasteiger partial charge in [0, 0.05) is 6.54 Å². The molecule has 0 aliphatic rings. The summed E-state index contributed by atoms with van der Waals surface area (Å²) in [6.07, 6.45) is -1.29. The Morgan fingerprint density at radius 1 is 1.44 bits per heavy atom. The third kappa shape index (κ3) is 5.92. The molecular weight excluding hydrogens is 208 g/mol. The number of hydrogen-bond donors (Lipinski definition) is 3. The highest BCUT2D eigenvalue weighted by Crippen LogP contribution is 2.10. The average molecular weight is 232 g/mol. The van der Waals surface area contributed by atoms with Gasteiger partial charge in [0.15, 0.2) is 0 Å². The first-order valence-corrected chi connectivity index (χ1v) is 5.55. The molecule has 2 atom stereocenters. The van der Waals surface area contributed by atoms with Crippen molar-refractivity contribution >= 4 is 6.09 Å². The SMILES string of the molecule is CC(C)C(NC(=O)OC(C)(C)C)C(O)CN. The lowest BCUT2D eigenvalue weighted by Crippen LogP contribution is -2.50. The number of ether oxygens (including phenoxy) is 1. The minimum atomic E-state index is -0.757. The van der Waals surface area contributed by atoms with Crippen molar-refractivity contribution in [2.45, 2.75) is 52.4 Å². The number of aliphatic hydroxyl groups excluding tert-OH is 1. The zero-order valence-corrected chi connectivity index (χ0v) is 10.8. The van der Waals surface area contributed by atoms with Crippen molar-refractivity contribution in [3.63, 3.8) is 0 Å². The highest BCUT2D eigenvalue weighted by Gasteiger charge is 2.25. The van der Waals surface area contributed by atoms with Crippen LogP contribution in [0.1, 0.15) is 34.6 Å². The number of amides is 1. The zero-order valence-electron chi connectivity index (χ0n) is 10.8. The molecule has 0 spiro atoms. The van der Waals surface area contributed by atoms with Crippen LogP contribution >= 0.6 is 0 Å². The molecule has 0 rings (SSSR count). The number of hydrogen-bond acceptors (Lipinski definition) is 4. The first kappa shape index (κ1) is 15.2. The second kappa shape index (κ2) is 6.06. The van der Waals surface area contributed by atoms with Gasteiger partial charge in [0.1, 0.15) is 5.60 Å². The van der Waals surface area contributed by atoms with E-state index in [1.165, 1.54) is 0 Å². The van der Waals surface area contributed by atoms with E-state index in [1.807, 2.05) is 13.8 Å². The van der Waals surface area contributed by atoms with Crippen molar-refractivity contribution < 1.29 is 14.6 Å². The predicted octanol–water partition coefficient (Wildman–Crippen LogP) is 0.855. The zero-order chi connectivity index (χ0) is 12.9. The van der Waals surface area contributed by atoms with Gasteiger partial charge in [-0.05, 0) is 26.7 Å². The van der Waals surface area contributed by atoms with E-state index in [2.05, 4.69) is 5.32 Å². The molecule has 0 aliphatic heterocycles. The van der Waals surface area contributed by atoms with Gasteiger partial charge < -0.3 is 20.9 Å². The van der Waals surface area contributed by atoms with E-state index in [9.17, 15) is 9.90 Å². The van der Waals surface area contributed by atoms with Crippen LogP contribution in [0, 0.1) is 5.92 Å². The molecule has 0 radical (unpaired) electrons. The number of rotatable bonds is 4. The van der Waals surface area contributed by atoms with E-state index in [4.69, 9.17) is 10.5 Å². The molecule has 2 unspecified atom stereocenters. The van der Waals surface area contributed by atoms with E-state index in [0.717, 1.165) is 0 Å². The van der Waals surface area contributed by atoms with Crippen LogP contribution in [0.15, 0.2) is 0 Å². The molecule has 16 heavy (non-hydrogen) atoms. The van der Waals surface area contributed by atoms with Crippen LogP contribution in [0.2, 0.25) is 0 Å². The highest BCUT2D eigenvalue weighted by atomic mass is 16.6. The monoisotopic (exact) mass is 232 g/mol. The normalized spacial score (nSPS) is 15.8. The predicted molar refractivity (Wildman–Crippen MR) is 63.1 cm³/mol. The first-order chi connectivity index (χ1) is 7.17. The average Bonchev–Trinajstić information content (AvgIpc) is 2.09. The third-order valence-corrected chi connectivity index (χ3v) is 2.06. The lowest BCUT2D eigenvalue weighted by Gasteiger charge is -2.28. The van der Waals surface area contributed by atoms with Crippen LogP contribution < -0.4 is 11.1 Å². The van der Waals surface area contributed by atoms with Crippen molar-refractivity contribution in [1.29, 1.82) is 0 Å². The number of nitrogens with one attached hydrogen (secondary N) is 1. The maximum Gasteiger partial charge on any atom is 0.407 e. The fourth-order valence-corrected chi connectivity index (χ4v) is 1.30. The third-order valence-electron chi connectivity index (χ3n) is 2.06. The number of carbonyl (C=O) groups is 1. The summed E-state index contributed by atoms with van der Waals surface area (Å²) in [4.78, 5) is 11.5. The van der Waals surface area contributed by atoms with Crippen molar-refractivity contribution in [2.24, 2.45) is 11.7 Å². The summed E-state index contributed by atoms with van der Waals surface area (Å²) < 4.78 is 5.11. The van der Waals surface area contributed by atoms with Crippen LogP contribution in [0.3, 0.4) is 0 Å². The van der Waals surface area contributed by atoms with E-state index < -0.39 is 17.8 Å².